The van der Waals surface area contributed by atoms with Crippen LogP contribution in [0.4, 0.5) is 27.6 Å². The van der Waals surface area contributed by atoms with Crippen molar-refractivity contribution in [2.45, 2.75) is 54.6 Å². The molecule has 0 aliphatic heterocycles. The molecule has 0 spiro atoms. The fraction of sp³-hybridized carbons (Fsp3) is 0.157. The maximum Gasteiger partial charge on any atom is 0.417 e. The van der Waals surface area contributed by atoms with Gasteiger partial charge in [0.05, 0.1) is 55.3 Å². The number of fused-ring (bicyclic) bond motifs is 2. The SMILES string of the molecule is Cc1ccc(C(F)(F)F)cn1.Cc1ccc(Cl)cc1Cl.Cc1cnc2cc(Cl)ccc2n1.Cc1nc2ccc(Cl)cc2o1.Cc1ncc(Cl)cc1Cl.Cc1ncc(Cl)cc1F.[C-]#[N+]c1ccc(C)c(F)c1.[W].[W].[W].[W].[W].[W].[W].[W].[W].[W].[W].[W].[W].[W].[W].[W].[W].[W].[W].[W].[W].[W].[W].[W].[W].[W].[W].[W]. The minimum Gasteiger partial charge on any atom is -0.441 e. The fourth-order valence-electron chi connectivity index (χ4n) is 4.91. The van der Waals surface area contributed by atoms with Crippen molar-refractivity contribution >= 4 is 109 Å². The monoisotopic (exact) mass is 6260 g/mol. The first-order valence-corrected chi connectivity index (χ1v) is 23.0. The Hall–Kier alpha value is 13.6. The van der Waals surface area contributed by atoms with Crippen LogP contribution >= 0.6 is 81.2 Å². The van der Waals surface area contributed by atoms with Crippen LogP contribution in [0.1, 0.15) is 45.4 Å². The van der Waals surface area contributed by atoms with E-state index in [9.17, 15) is 22.0 Å². The Bertz CT molecular complexity index is 3130. The van der Waals surface area contributed by atoms with Crippen LogP contribution in [0, 0.1) is 66.7 Å². The third kappa shape index (κ3) is 83.6. The summed E-state index contributed by atoms with van der Waals surface area (Å²) in [5.74, 6) is -0.00160. The predicted octanol–water partition coefficient (Wildman–Crippen LogP) is 18.6. The number of alkyl halides is 3. The van der Waals surface area contributed by atoms with Gasteiger partial charge in [-0.15, -0.1) is 0 Å². The zero-order valence-electron chi connectivity index (χ0n) is 50.1. The smallest absolute Gasteiger partial charge is 0.417 e. The van der Waals surface area contributed by atoms with Crippen LogP contribution in [0.25, 0.3) is 27.0 Å². The second-order valence-electron chi connectivity index (χ2n) is 14.6. The molecule has 48 heteroatoms. The minimum absolute atomic E-state index is 0. The van der Waals surface area contributed by atoms with Crippen molar-refractivity contribution in [3.63, 3.8) is 0 Å². The summed E-state index contributed by atoms with van der Waals surface area (Å²) >= 11 is 39.5. The van der Waals surface area contributed by atoms with Gasteiger partial charge in [0, 0.05) is 653 Å². The number of benzene rings is 4. The molecule has 0 atom stereocenters. The van der Waals surface area contributed by atoms with Crippen molar-refractivity contribution in [3.8, 4) is 0 Å². The first kappa shape index (κ1) is 187. The van der Waals surface area contributed by atoms with Gasteiger partial charge in [0.2, 0.25) is 0 Å². The van der Waals surface area contributed by atoms with E-state index < -0.39 is 11.7 Å². The molecule has 0 saturated carbocycles. The molecule has 5 heterocycles. The molecule has 0 bridgehead atoms. The molecule has 0 aliphatic carbocycles. The molecule has 0 N–H and O–H groups in total. The number of hydrogen-bond donors (Lipinski definition) is 0. The zero-order valence-corrected chi connectivity index (χ0v) is 137. The molecule has 538 valence electrons. The van der Waals surface area contributed by atoms with E-state index in [2.05, 4.69) is 34.7 Å². The van der Waals surface area contributed by atoms with Crippen molar-refractivity contribution in [1.82, 2.24) is 29.9 Å². The van der Waals surface area contributed by atoms with Gasteiger partial charge in [0.15, 0.2) is 17.2 Å². The number of aryl methyl sites for hydroxylation is 7. The largest absolute Gasteiger partial charge is 0.441 e. The third-order valence-electron chi connectivity index (χ3n) is 8.72. The molecule has 0 saturated heterocycles. The maximum absolute atomic E-state index is 12.6. The van der Waals surface area contributed by atoms with E-state index in [-0.39, 0.29) is 601 Å². The van der Waals surface area contributed by atoms with Gasteiger partial charge in [-0.1, -0.05) is 99.4 Å². The van der Waals surface area contributed by atoms with Crippen molar-refractivity contribution in [2.75, 3.05) is 0 Å². The Morgan fingerprint density at radius 3 is 1.15 bits per heavy atom. The van der Waals surface area contributed by atoms with E-state index in [1.807, 2.05) is 64.1 Å². The average molecular weight is 6260 g/mol. The first-order chi connectivity index (χ1) is 33.3. The van der Waals surface area contributed by atoms with Gasteiger partial charge in [-0.05, 0) is 125 Å². The van der Waals surface area contributed by atoms with Crippen LogP contribution in [0.5, 0.6) is 0 Å². The Morgan fingerprint density at radius 1 is 0.354 bits per heavy atom. The molecular weight excluding hydrogens is 6220 g/mol. The summed E-state index contributed by atoms with van der Waals surface area (Å²) in [5, 5.41) is 4.30. The second-order valence-corrected chi connectivity index (χ2v) is 17.6. The molecule has 5 aromatic heterocycles. The maximum atomic E-state index is 12.6. The summed E-state index contributed by atoms with van der Waals surface area (Å²) in [5.41, 5.74) is 7.29. The van der Waals surface area contributed by atoms with E-state index in [0.717, 1.165) is 56.4 Å². The van der Waals surface area contributed by atoms with Gasteiger partial charge in [-0.3, -0.25) is 19.9 Å². The Morgan fingerprint density at radius 2 is 0.768 bits per heavy atom. The van der Waals surface area contributed by atoms with Crippen molar-refractivity contribution in [3.05, 3.63) is 225 Å². The molecule has 0 fully saturated rings. The molecule has 9 aromatic rings. The first-order valence-electron chi connectivity index (χ1n) is 20.4. The van der Waals surface area contributed by atoms with Crippen molar-refractivity contribution in [1.29, 1.82) is 0 Å². The fourth-order valence-corrected chi connectivity index (χ4v) is 6.17. The van der Waals surface area contributed by atoms with Crippen LogP contribution in [0.15, 0.2) is 126 Å². The summed E-state index contributed by atoms with van der Waals surface area (Å²) in [4.78, 5) is 26.8. The summed E-state index contributed by atoms with van der Waals surface area (Å²) in [7, 11) is 0. The van der Waals surface area contributed by atoms with E-state index in [1.54, 1.807) is 69.6 Å². The minimum atomic E-state index is -4.28. The van der Waals surface area contributed by atoms with Crippen LogP contribution in [0.2, 0.25) is 35.2 Å². The van der Waals surface area contributed by atoms with Gasteiger partial charge >= 0.3 is 6.18 Å². The quantitative estimate of drug-likeness (QED) is 0.110. The topological polar surface area (TPSA) is 94.8 Å². The van der Waals surface area contributed by atoms with E-state index in [4.69, 9.17) is 92.2 Å². The van der Waals surface area contributed by atoms with Crippen LogP contribution in [-0.2, 0) is 596 Å². The summed E-state index contributed by atoms with van der Waals surface area (Å²) in [6.07, 6.45) is 1.28. The Balaban J connectivity index is -0.0000000250. The van der Waals surface area contributed by atoms with Gasteiger partial charge < -0.3 is 4.42 Å². The second kappa shape index (κ2) is 106. The number of nitrogens with zero attached hydrogens (tertiary/aromatic N) is 7. The molecule has 0 unspecified atom stereocenters. The summed E-state index contributed by atoms with van der Waals surface area (Å²) < 4.78 is 65.9. The van der Waals surface area contributed by atoms with Gasteiger partial charge in [-0.25, -0.2) is 23.6 Å². The zero-order chi connectivity index (χ0) is 53.0. The third-order valence-corrected chi connectivity index (χ3v) is 10.6. The average Bonchev–Trinajstić information content (AvgIpc) is 3.70. The molecule has 99 heavy (non-hydrogen) atoms. The molecule has 0 radical (unpaired) electrons. The normalized spacial score (nSPS) is 7.29. The number of rotatable bonds is 0. The predicted molar refractivity (Wildman–Crippen MR) is 279 cm³/mol. The number of pyridine rings is 3. The van der Waals surface area contributed by atoms with Crippen molar-refractivity contribution in [2.24, 2.45) is 0 Å². The summed E-state index contributed by atoms with van der Waals surface area (Å²) in [6.45, 7) is 19.0. The van der Waals surface area contributed by atoms with Crippen LogP contribution in [0.3, 0.4) is 0 Å². The molecule has 9 rings (SSSR count). The summed E-state index contributed by atoms with van der Waals surface area (Å²) in [6, 6.07) is 26.1. The van der Waals surface area contributed by atoms with Gasteiger partial charge in [-0.2, -0.15) is 13.2 Å². The molecule has 0 aliphatic rings. The molecule has 4 aromatic carbocycles. The molecule has 8 nitrogen and oxygen atoms in total. The van der Waals surface area contributed by atoms with Crippen LogP contribution in [-0.4, -0.2) is 29.9 Å². The number of halogens is 12. The van der Waals surface area contributed by atoms with Gasteiger partial charge in [0.25, 0.3) is 0 Å². The molecule has 0 amide bonds. The van der Waals surface area contributed by atoms with Gasteiger partial charge in [0.1, 0.15) is 17.2 Å². The van der Waals surface area contributed by atoms with Crippen molar-refractivity contribution < 1.29 is 616 Å². The Labute approximate surface area is 1010 Å². The van der Waals surface area contributed by atoms with E-state index >= 15 is 0 Å². The molecular formula is C51H41Cl7F5N7OW28. The standard InChI is InChI=1S/C9H7ClN2.C8H6ClNO.C8H6FN.C7H6Cl2.C7H6F3N.C6H5Cl2N.C6H5ClFN.28W/c1-6-5-11-9-4-7(10)2-3-8(9)12-6;1-5-10-7-3-2-6(9)4-8(7)11-5;1-6-3-4-7(10-2)5-8(6)9;1-5-2-3-6(8)4-7(5)9;1-5-2-3-6(4-11-5)7(8,9)10;2*1-4-6(8)2-5(7)3-9-4;;;;;;;;;;;;;;;;;;;;;;;;;;;;/h2-5H,1H3;2-4H,1H3;3-5H,1H3;2-4H,1H3;2-4H,1H3;2*2-3H,1H3;;;;;;;;;;;;;;;;;;;;;;;;;;;;. The number of hydrogen-bond acceptors (Lipinski definition) is 7. The van der Waals surface area contributed by atoms with Crippen LogP contribution < -0.4 is 0 Å². The Kier molecular flexibility index (Phi) is 200. The number of oxazole rings is 1. The number of aromatic nitrogens is 6. The van der Waals surface area contributed by atoms with E-state index in [0.29, 0.717) is 58.7 Å². The van der Waals surface area contributed by atoms with E-state index in [1.165, 1.54) is 24.4 Å².